The number of hydrogen-bond donors (Lipinski definition) is 0. The van der Waals surface area contributed by atoms with Gasteiger partial charge in [0.05, 0.1) is 0 Å². The third kappa shape index (κ3) is 2.94. The number of benzene rings is 2. The molecule has 93 valence electrons. The van der Waals surface area contributed by atoms with Gasteiger partial charge < -0.3 is 0 Å². The first kappa shape index (κ1) is 13.2. The van der Waals surface area contributed by atoms with Gasteiger partial charge in [0.15, 0.2) is 0 Å². The Morgan fingerprint density at radius 3 is 2.33 bits per heavy atom. The van der Waals surface area contributed by atoms with Gasteiger partial charge in [-0.15, -0.1) is 0 Å². The van der Waals surface area contributed by atoms with E-state index in [0.29, 0.717) is 0 Å². The maximum absolute atomic E-state index is 5.98. The fraction of sp³-hybridized carbons (Fsp3) is 0.188. The summed E-state index contributed by atoms with van der Waals surface area (Å²) in [6.45, 7) is 4.10. The third-order valence-electron chi connectivity index (χ3n) is 2.59. The van der Waals surface area contributed by atoms with Crippen LogP contribution >= 0.6 is 0 Å². The van der Waals surface area contributed by atoms with Crippen molar-refractivity contribution in [2.24, 2.45) is 0 Å². The number of hydrogen-bond acceptors (Lipinski definition) is 1. The monoisotopic (exact) mass is 326 g/mol. The zero-order valence-corrected chi connectivity index (χ0v) is 12.3. The Kier molecular flexibility index (Phi) is 4.44. The molecule has 0 aromatic heterocycles. The van der Waals surface area contributed by atoms with Crippen LogP contribution in [0.2, 0.25) is 0 Å². The summed E-state index contributed by atoms with van der Waals surface area (Å²) in [5.41, 5.74) is 3.44. The molecule has 0 radical (unpaired) electrons. The van der Waals surface area contributed by atoms with E-state index >= 15 is 0 Å². The van der Waals surface area contributed by atoms with Crippen molar-refractivity contribution in [2.45, 2.75) is 20.0 Å². The van der Waals surface area contributed by atoms with Crippen LogP contribution in [0.4, 0.5) is 0 Å². The number of ether oxygens (including phenoxy) is 1. The van der Waals surface area contributed by atoms with Crippen molar-refractivity contribution in [1.29, 1.82) is 0 Å². The van der Waals surface area contributed by atoms with Crippen LogP contribution in [0.5, 0.6) is 5.75 Å². The van der Waals surface area contributed by atoms with Gasteiger partial charge in [-0.3, -0.25) is 0 Å². The van der Waals surface area contributed by atoms with E-state index in [1.165, 1.54) is 5.56 Å². The van der Waals surface area contributed by atoms with Crippen molar-refractivity contribution < 1.29 is 22.6 Å². The van der Waals surface area contributed by atoms with E-state index in [9.17, 15) is 0 Å². The van der Waals surface area contributed by atoms with Crippen molar-refractivity contribution in [2.75, 3.05) is 0 Å². The topological polar surface area (TPSA) is 9.23 Å². The normalized spacial score (nSPS) is 10.4. The molecule has 0 heterocycles. The van der Waals surface area contributed by atoms with E-state index in [1.807, 2.05) is 22.8 Å². The van der Waals surface area contributed by atoms with Crippen LogP contribution in [0.25, 0.3) is 11.1 Å². The summed E-state index contributed by atoms with van der Waals surface area (Å²) in [5.74, 6) is 0.956. The third-order valence-corrected chi connectivity index (χ3v) is 3.13. The Morgan fingerprint density at radius 2 is 1.72 bits per heavy atom. The number of para-hydroxylation sites is 1. The van der Waals surface area contributed by atoms with E-state index < -0.39 is 0 Å². The molecule has 0 saturated heterocycles. The number of rotatable bonds is 4. The van der Waals surface area contributed by atoms with Crippen molar-refractivity contribution >= 4 is 4.61 Å². The molecule has 0 spiro atoms. The van der Waals surface area contributed by atoms with Crippen LogP contribution in [-0.2, 0) is 17.9 Å². The zero-order valence-electron chi connectivity index (χ0n) is 10.5. The molecule has 0 N–H and O–H groups in total. The average molecular weight is 325 g/mol. The second-order valence-corrected chi connectivity index (χ2v) is 4.86. The summed E-state index contributed by atoms with van der Waals surface area (Å²) in [6.07, 6.45) is 0.167. The second-order valence-electron chi connectivity index (χ2n) is 4.36. The maximum atomic E-state index is 5.98. The van der Waals surface area contributed by atoms with Gasteiger partial charge >= 0.3 is 118 Å². The summed E-state index contributed by atoms with van der Waals surface area (Å²) in [7, 11) is 0. The molecule has 0 atom stereocenters. The van der Waals surface area contributed by atoms with Crippen LogP contribution in [0.3, 0.4) is 0 Å². The van der Waals surface area contributed by atoms with Gasteiger partial charge in [0, 0.05) is 0 Å². The minimum atomic E-state index is 0.167. The predicted octanol–water partition coefficient (Wildman–Crippen LogP) is 3.84. The first-order valence-corrected chi connectivity index (χ1v) is 7.00. The Labute approximate surface area is 118 Å². The van der Waals surface area contributed by atoms with Gasteiger partial charge in [-0.2, -0.15) is 0 Å². The van der Waals surface area contributed by atoms with Gasteiger partial charge in [-0.1, -0.05) is 0 Å². The first-order valence-electron chi connectivity index (χ1n) is 5.99. The van der Waals surface area contributed by atoms with E-state index in [-0.39, 0.29) is 6.10 Å². The molecule has 2 aromatic rings. The average Bonchev–Trinajstić information content (AvgIpc) is 2.39. The molecule has 0 bridgehead atoms. The zero-order chi connectivity index (χ0) is 13.0. The summed E-state index contributed by atoms with van der Waals surface area (Å²) in [6, 6.07) is 16.6. The molecule has 2 aromatic carbocycles. The fourth-order valence-electron chi connectivity index (χ4n) is 1.85. The Bertz CT molecular complexity index is 532. The SMILES string of the molecule is CC(C)Oc1c([CH]=[Ru+])cccc1-c1ccccc1. The fourth-order valence-corrected chi connectivity index (χ4v) is 2.24. The molecule has 0 aliphatic heterocycles. The van der Waals surface area contributed by atoms with Gasteiger partial charge in [0.25, 0.3) is 0 Å². The van der Waals surface area contributed by atoms with Gasteiger partial charge in [0.1, 0.15) is 0 Å². The van der Waals surface area contributed by atoms with E-state index in [2.05, 4.69) is 62.0 Å². The molecule has 0 aliphatic carbocycles. The molecule has 0 saturated carbocycles. The van der Waals surface area contributed by atoms with Crippen molar-refractivity contribution in [3.63, 3.8) is 0 Å². The van der Waals surface area contributed by atoms with E-state index in [1.54, 1.807) is 0 Å². The molecule has 0 fully saturated rings. The quantitative estimate of drug-likeness (QED) is 0.776. The molecular weight excluding hydrogens is 309 g/mol. The molecular formula is C16H16ORu+. The molecule has 0 amide bonds. The van der Waals surface area contributed by atoms with Crippen LogP contribution in [0.15, 0.2) is 48.5 Å². The first-order chi connectivity index (χ1) is 8.72. The second kappa shape index (κ2) is 6.06. The summed E-state index contributed by atoms with van der Waals surface area (Å²) in [4.78, 5) is 0. The van der Waals surface area contributed by atoms with Gasteiger partial charge in [-0.05, 0) is 0 Å². The molecule has 18 heavy (non-hydrogen) atoms. The molecule has 0 unspecified atom stereocenters. The predicted molar refractivity (Wildman–Crippen MR) is 72.8 cm³/mol. The molecule has 2 rings (SSSR count). The minimum absolute atomic E-state index is 0.167. The van der Waals surface area contributed by atoms with Crippen LogP contribution in [0, 0.1) is 0 Å². The summed E-state index contributed by atoms with van der Waals surface area (Å²) >= 11 is 2.55. The van der Waals surface area contributed by atoms with E-state index in [0.717, 1.165) is 16.9 Å². The summed E-state index contributed by atoms with van der Waals surface area (Å²) < 4.78 is 8.00. The van der Waals surface area contributed by atoms with Gasteiger partial charge in [0.2, 0.25) is 0 Å². The Morgan fingerprint density at radius 1 is 1.00 bits per heavy atom. The van der Waals surface area contributed by atoms with Crippen LogP contribution in [0.1, 0.15) is 19.4 Å². The molecule has 2 heteroatoms. The standard InChI is InChI=1S/C16H16O.Ru/c1-12(2)17-16-13(3)8-7-11-15(16)14-9-5-4-6-10-14;/h3-12H,1-2H3;/q;+1. The van der Waals surface area contributed by atoms with Gasteiger partial charge in [-0.25, -0.2) is 0 Å². The van der Waals surface area contributed by atoms with Crippen LogP contribution < -0.4 is 4.74 Å². The molecule has 1 nitrogen and oxygen atoms in total. The van der Waals surface area contributed by atoms with Crippen molar-refractivity contribution in [3.05, 3.63) is 54.1 Å². The summed E-state index contributed by atoms with van der Waals surface area (Å²) in [5, 5.41) is 0. The van der Waals surface area contributed by atoms with Crippen molar-refractivity contribution in [3.8, 4) is 16.9 Å². The Balaban J connectivity index is 2.56. The van der Waals surface area contributed by atoms with Crippen molar-refractivity contribution in [1.82, 2.24) is 0 Å². The Hall–Kier alpha value is -1.27. The molecule has 0 aliphatic rings. The van der Waals surface area contributed by atoms with Crippen LogP contribution in [-0.4, -0.2) is 10.7 Å². The van der Waals surface area contributed by atoms with E-state index in [4.69, 9.17) is 4.74 Å².